The van der Waals surface area contributed by atoms with Gasteiger partial charge in [0.25, 0.3) is 0 Å². The number of tetrazole rings is 1. The summed E-state index contributed by atoms with van der Waals surface area (Å²) in [6, 6.07) is 0. The number of aliphatic hydroxyl groups is 1. The number of ether oxygens (including phenoxy) is 1. The highest BCUT2D eigenvalue weighted by atomic mass is 16.5. The Bertz CT molecular complexity index is 1110. The third-order valence-electron chi connectivity index (χ3n) is 7.03. The van der Waals surface area contributed by atoms with E-state index in [1.165, 1.54) is 17.2 Å². The van der Waals surface area contributed by atoms with E-state index in [0.717, 1.165) is 19.3 Å². The standard InChI is InChI=1S/C21H26N8O4/c1-13-15(11-33-19(13)31)28-8-5-21(20(28)32)3-6-27(7-4-21)10-16(30)18-14(2)24-17(9-22-18)29-12-23-25-26-29/h9,12,16,30H,3-8,10-11H2,1-2H3/t16-/m0/s1. The van der Waals surface area contributed by atoms with Gasteiger partial charge in [-0.2, -0.15) is 4.68 Å². The number of carbonyl (C=O) groups is 2. The van der Waals surface area contributed by atoms with Gasteiger partial charge in [0.05, 0.1) is 34.3 Å². The summed E-state index contributed by atoms with van der Waals surface area (Å²) < 4.78 is 6.50. The Hall–Kier alpha value is -3.25. The fraction of sp³-hybridized carbons (Fsp3) is 0.571. The van der Waals surface area contributed by atoms with Crippen molar-refractivity contribution < 1.29 is 19.4 Å². The lowest BCUT2D eigenvalue weighted by Crippen LogP contribution is -2.45. The molecule has 1 atom stereocenters. The second-order valence-corrected chi connectivity index (χ2v) is 8.90. The molecule has 1 N–H and O–H groups in total. The van der Waals surface area contributed by atoms with Gasteiger partial charge >= 0.3 is 5.97 Å². The number of carbonyl (C=O) groups excluding carboxylic acids is 2. The molecule has 5 rings (SSSR count). The Balaban J connectivity index is 1.21. The Morgan fingerprint density at radius 3 is 2.58 bits per heavy atom. The molecule has 2 fully saturated rings. The molecule has 0 bridgehead atoms. The van der Waals surface area contributed by atoms with Gasteiger partial charge in [-0.25, -0.2) is 9.78 Å². The summed E-state index contributed by atoms with van der Waals surface area (Å²) in [6.45, 7) is 6.14. The zero-order chi connectivity index (χ0) is 23.2. The third kappa shape index (κ3) is 3.78. The Labute approximate surface area is 190 Å². The topological polar surface area (TPSA) is 139 Å². The molecular weight excluding hydrogens is 428 g/mol. The monoisotopic (exact) mass is 454 g/mol. The summed E-state index contributed by atoms with van der Waals surface area (Å²) >= 11 is 0. The number of aliphatic hydroxyl groups excluding tert-OH is 1. The highest BCUT2D eigenvalue weighted by Crippen LogP contribution is 2.43. The van der Waals surface area contributed by atoms with Crippen LogP contribution in [-0.4, -0.2) is 89.7 Å². The molecule has 0 aliphatic carbocycles. The van der Waals surface area contributed by atoms with Gasteiger partial charge < -0.3 is 19.6 Å². The number of piperidine rings is 1. The molecule has 12 heteroatoms. The summed E-state index contributed by atoms with van der Waals surface area (Å²) in [6.07, 6.45) is 4.39. The average Bonchev–Trinajstić information content (AvgIpc) is 3.53. The van der Waals surface area contributed by atoms with Crippen molar-refractivity contribution in [3.05, 3.63) is 35.2 Å². The minimum atomic E-state index is -0.792. The van der Waals surface area contributed by atoms with Crippen molar-refractivity contribution >= 4 is 11.9 Å². The number of aryl methyl sites for hydroxylation is 1. The number of hydrogen-bond acceptors (Lipinski definition) is 10. The summed E-state index contributed by atoms with van der Waals surface area (Å²) in [7, 11) is 0. The maximum Gasteiger partial charge on any atom is 0.336 e. The van der Waals surface area contributed by atoms with E-state index in [0.29, 0.717) is 54.7 Å². The number of β-amino-alcohol motifs (C(OH)–C–C–N with tert-alkyl or cyclic N) is 1. The predicted molar refractivity (Wildman–Crippen MR) is 113 cm³/mol. The number of esters is 1. The van der Waals surface area contributed by atoms with Gasteiger partial charge in [0.1, 0.15) is 19.0 Å². The molecule has 2 saturated heterocycles. The molecular formula is C21H26N8O4. The number of nitrogens with zero attached hydrogens (tertiary/aromatic N) is 8. The van der Waals surface area contributed by atoms with Crippen LogP contribution < -0.4 is 0 Å². The van der Waals surface area contributed by atoms with E-state index < -0.39 is 11.5 Å². The number of aromatic nitrogens is 6. The van der Waals surface area contributed by atoms with Crippen molar-refractivity contribution in [2.75, 3.05) is 32.8 Å². The quantitative estimate of drug-likeness (QED) is 0.611. The number of likely N-dealkylation sites (tertiary alicyclic amines) is 2. The van der Waals surface area contributed by atoms with E-state index >= 15 is 0 Å². The van der Waals surface area contributed by atoms with Crippen molar-refractivity contribution in [2.24, 2.45) is 5.41 Å². The molecule has 12 nitrogen and oxygen atoms in total. The van der Waals surface area contributed by atoms with E-state index in [1.807, 2.05) is 0 Å². The van der Waals surface area contributed by atoms with Crippen LogP contribution in [0.4, 0.5) is 0 Å². The van der Waals surface area contributed by atoms with Gasteiger partial charge in [-0.15, -0.1) is 5.10 Å². The average molecular weight is 454 g/mol. The number of hydrogen-bond donors (Lipinski definition) is 1. The first kappa shape index (κ1) is 21.6. The van der Waals surface area contributed by atoms with Crippen LogP contribution in [-0.2, 0) is 14.3 Å². The second kappa shape index (κ2) is 8.27. The molecule has 3 aliphatic rings. The van der Waals surface area contributed by atoms with E-state index in [-0.39, 0.29) is 18.5 Å². The molecule has 0 aromatic carbocycles. The van der Waals surface area contributed by atoms with E-state index in [4.69, 9.17) is 4.74 Å². The van der Waals surface area contributed by atoms with Gasteiger partial charge in [0, 0.05) is 13.1 Å². The largest absolute Gasteiger partial charge is 0.456 e. The first-order chi connectivity index (χ1) is 15.9. The second-order valence-electron chi connectivity index (χ2n) is 8.90. The van der Waals surface area contributed by atoms with Gasteiger partial charge in [-0.05, 0) is 56.6 Å². The molecule has 2 aromatic rings. The molecule has 0 radical (unpaired) electrons. The Kier molecular flexibility index (Phi) is 5.41. The third-order valence-corrected chi connectivity index (χ3v) is 7.03. The first-order valence-corrected chi connectivity index (χ1v) is 11.0. The van der Waals surface area contributed by atoms with Crippen molar-refractivity contribution in [3.8, 4) is 5.82 Å². The maximum atomic E-state index is 13.3. The van der Waals surface area contributed by atoms with Crippen molar-refractivity contribution in [1.82, 2.24) is 40.0 Å². The van der Waals surface area contributed by atoms with E-state index in [2.05, 4.69) is 30.4 Å². The van der Waals surface area contributed by atoms with Gasteiger partial charge in [-0.1, -0.05) is 0 Å². The van der Waals surface area contributed by atoms with Crippen LogP contribution in [0.1, 0.15) is 43.7 Å². The Morgan fingerprint density at radius 1 is 1.18 bits per heavy atom. The van der Waals surface area contributed by atoms with Crippen LogP contribution in [0.3, 0.4) is 0 Å². The molecule has 174 valence electrons. The van der Waals surface area contributed by atoms with Gasteiger partial charge in [-0.3, -0.25) is 9.78 Å². The van der Waals surface area contributed by atoms with E-state index in [9.17, 15) is 14.7 Å². The maximum absolute atomic E-state index is 13.3. The molecule has 33 heavy (non-hydrogen) atoms. The molecule has 0 saturated carbocycles. The smallest absolute Gasteiger partial charge is 0.336 e. The summed E-state index contributed by atoms with van der Waals surface area (Å²) in [5.74, 6) is 0.236. The molecule has 0 unspecified atom stereocenters. The lowest BCUT2D eigenvalue weighted by atomic mass is 9.77. The molecule has 3 aliphatic heterocycles. The summed E-state index contributed by atoms with van der Waals surface area (Å²) in [4.78, 5) is 37.7. The molecule has 5 heterocycles. The Morgan fingerprint density at radius 2 is 1.94 bits per heavy atom. The van der Waals surface area contributed by atoms with Crippen molar-refractivity contribution in [3.63, 3.8) is 0 Å². The summed E-state index contributed by atoms with van der Waals surface area (Å²) in [5, 5.41) is 21.8. The minimum absolute atomic E-state index is 0.0928. The number of amides is 1. The van der Waals surface area contributed by atoms with Gasteiger partial charge in [0.2, 0.25) is 5.91 Å². The van der Waals surface area contributed by atoms with Crippen molar-refractivity contribution in [1.29, 1.82) is 0 Å². The predicted octanol–water partition coefficient (Wildman–Crippen LogP) is -0.0606. The fourth-order valence-corrected chi connectivity index (χ4v) is 4.97. The molecule has 1 amide bonds. The van der Waals surface area contributed by atoms with Crippen LogP contribution >= 0.6 is 0 Å². The zero-order valence-corrected chi connectivity index (χ0v) is 18.6. The number of rotatable bonds is 5. The lowest BCUT2D eigenvalue weighted by Gasteiger charge is -2.38. The lowest BCUT2D eigenvalue weighted by molar-refractivity contribution is -0.138. The minimum Gasteiger partial charge on any atom is -0.456 e. The zero-order valence-electron chi connectivity index (χ0n) is 18.6. The van der Waals surface area contributed by atoms with Crippen LogP contribution in [0, 0.1) is 12.3 Å². The molecule has 1 spiro atoms. The normalized spacial score (nSPS) is 21.8. The number of cyclic esters (lactones) is 1. The highest BCUT2D eigenvalue weighted by molar-refractivity contribution is 5.94. The SMILES string of the molecule is CC1=C(N2CCC3(CCN(C[C@H](O)c4ncc(-n5cnnn5)nc4C)CC3)C2=O)COC1=O. The van der Waals surface area contributed by atoms with Crippen LogP contribution in [0.25, 0.3) is 5.82 Å². The highest BCUT2D eigenvalue weighted by Gasteiger charge is 2.50. The van der Waals surface area contributed by atoms with Gasteiger partial charge in [0.15, 0.2) is 5.82 Å². The molecule has 2 aromatic heterocycles. The fourth-order valence-electron chi connectivity index (χ4n) is 4.97. The van der Waals surface area contributed by atoms with E-state index in [1.54, 1.807) is 18.7 Å². The van der Waals surface area contributed by atoms with Crippen LogP contribution in [0.2, 0.25) is 0 Å². The first-order valence-electron chi connectivity index (χ1n) is 11.0. The van der Waals surface area contributed by atoms with Crippen molar-refractivity contribution in [2.45, 2.75) is 39.2 Å². The van der Waals surface area contributed by atoms with Crippen LogP contribution in [0.5, 0.6) is 0 Å². The van der Waals surface area contributed by atoms with Crippen LogP contribution in [0.15, 0.2) is 23.8 Å². The summed E-state index contributed by atoms with van der Waals surface area (Å²) in [5.41, 5.74) is 1.97.